The second-order valence-corrected chi connectivity index (χ2v) is 9.81. The number of nitrogen functional groups attached to an aromatic ring is 1. The number of nitrogens with two attached hydrogens (primary N) is 1. The van der Waals surface area contributed by atoms with Crippen molar-refractivity contribution in [2.75, 3.05) is 5.73 Å². The van der Waals surface area contributed by atoms with Crippen LogP contribution in [0.2, 0.25) is 5.02 Å². The molecule has 8 heteroatoms. The van der Waals surface area contributed by atoms with Crippen LogP contribution in [0.25, 0.3) is 10.2 Å². The third-order valence-electron chi connectivity index (χ3n) is 5.52. The minimum absolute atomic E-state index is 0.114. The van der Waals surface area contributed by atoms with E-state index in [1.165, 1.54) is 21.0 Å². The number of hydrogen-bond donors (Lipinski definition) is 2. The van der Waals surface area contributed by atoms with Crippen molar-refractivity contribution in [1.29, 1.82) is 0 Å². The summed E-state index contributed by atoms with van der Waals surface area (Å²) in [6.07, 6.45) is 4.42. The van der Waals surface area contributed by atoms with E-state index in [1.807, 2.05) is 18.2 Å². The number of nitrogens with one attached hydrogen (secondary N) is 1. The van der Waals surface area contributed by atoms with Gasteiger partial charge < -0.3 is 11.1 Å². The zero-order valence-corrected chi connectivity index (χ0v) is 16.3. The molecule has 2 aliphatic rings. The van der Waals surface area contributed by atoms with Gasteiger partial charge in [-0.15, -0.1) is 22.7 Å². The molecular formula is C18H17ClN4OS2. The molecule has 0 radical (unpaired) electrons. The molecule has 0 bridgehead atoms. The van der Waals surface area contributed by atoms with Gasteiger partial charge in [0.05, 0.1) is 15.2 Å². The van der Waals surface area contributed by atoms with Gasteiger partial charge in [0.15, 0.2) is 5.13 Å². The third kappa shape index (κ3) is 2.78. The fraction of sp³-hybridized carbons (Fsp3) is 0.389. The summed E-state index contributed by atoms with van der Waals surface area (Å²) in [7, 11) is 0. The van der Waals surface area contributed by atoms with Crippen molar-refractivity contribution in [3.63, 3.8) is 0 Å². The fourth-order valence-electron chi connectivity index (χ4n) is 4.33. The van der Waals surface area contributed by atoms with Crippen LogP contribution in [-0.2, 0) is 0 Å². The van der Waals surface area contributed by atoms with Crippen LogP contribution in [0.5, 0.6) is 0 Å². The van der Waals surface area contributed by atoms with Crippen LogP contribution in [0.1, 0.15) is 47.1 Å². The first-order valence-electron chi connectivity index (χ1n) is 8.58. The molecule has 1 spiro atoms. The number of amides is 1. The summed E-state index contributed by atoms with van der Waals surface area (Å²) in [6.45, 7) is 0. The number of anilines is 1. The van der Waals surface area contributed by atoms with Gasteiger partial charge in [-0.1, -0.05) is 11.6 Å². The maximum absolute atomic E-state index is 12.1. The molecule has 2 aliphatic carbocycles. The van der Waals surface area contributed by atoms with Gasteiger partial charge in [-0.2, -0.15) is 0 Å². The second kappa shape index (κ2) is 5.90. The molecule has 0 aliphatic heterocycles. The molecule has 0 saturated heterocycles. The van der Waals surface area contributed by atoms with Crippen LogP contribution in [0, 0.1) is 5.41 Å². The third-order valence-corrected chi connectivity index (χ3v) is 7.63. The predicted octanol–water partition coefficient (Wildman–Crippen LogP) is 4.44. The normalized spacial score (nSPS) is 27.3. The molecule has 5 rings (SSSR count). The van der Waals surface area contributed by atoms with Crippen LogP contribution >= 0.6 is 34.3 Å². The standard InChI is InChI=1S/C18H17ClN4OS2/c19-10-1-2-14-12(3-10)22-16(26-14)9-4-18(5-9)6-11(7-18)21-15(24)13-8-25-17(20)23-13/h1-3,8-9,11H,4-7H2,(H2,20,23)(H,21,24). The number of carbonyl (C=O) groups is 1. The van der Waals surface area contributed by atoms with Crippen LogP contribution in [0.15, 0.2) is 23.6 Å². The Morgan fingerprint density at radius 2 is 2.08 bits per heavy atom. The SMILES string of the molecule is Nc1nc(C(=O)NC2CC3(C2)CC(c2nc4cc(Cl)ccc4s2)C3)cs1. The van der Waals surface area contributed by atoms with E-state index in [4.69, 9.17) is 22.3 Å². The lowest BCUT2D eigenvalue weighted by molar-refractivity contribution is -0.0187. The van der Waals surface area contributed by atoms with Gasteiger partial charge in [-0.05, 0) is 49.3 Å². The molecule has 0 atom stereocenters. The summed E-state index contributed by atoms with van der Waals surface area (Å²) in [5.74, 6) is 0.429. The van der Waals surface area contributed by atoms with Crippen molar-refractivity contribution in [3.05, 3.63) is 39.3 Å². The summed E-state index contributed by atoms with van der Waals surface area (Å²) in [5.41, 5.74) is 7.40. The number of aromatic nitrogens is 2. The Bertz CT molecular complexity index is 1000. The van der Waals surface area contributed by atoms with E-state index < -0.39 is 0 Å². The Hall–Kier alpha value is -1.70. The Labute approximate surface area is 163 Å². The molecule has 2 aromatic heterocycles. The smallest absolute Gasteiger partial charge is 0.271 e. The predicted molar refractivity (Wildman–Crippen MR) is 106 cm³/mol. The molecular weight excluding hydrogens is 388 g/mol. The summed E-state index contributed by atoms with van der Waals surface area (Å²) in [6, 6.07) is 6.16. The molecule has 2 saturated carbocycles. The first-order chi connectivity index (χ1) is 12.5. The van der Waals surface area contributed by atoms with Crippen molar-refractivity contribution in [2.24, 2.45) is 5.41 Å². The van der Waals surface area contributed by atoms with Gasteiger partial charge in [0.1, 0.15) is 5.69 Å². The summed E-state index contributed by atoms with van der Waals surface area (Å²) in [4.78, 5) is 21.0. The van der Waals surface area contributed by atoms with Crippen molar-refractivity contribution >= 4 is 55.5 Å². The first-order valence-corrected chi connectivity index (χ1v) is 10.6. The first kappa shape index (κ1) is 16.5. The molecule has 3 N–H and O–H groups in total. The molecule has 2 fully saturated rings. The maximum atomic E-state index is 12.1. The lowest BCUT2D eigenvalue weighted by Crippen LogP contribution is -2.55. The Kier molecular flexibility index (Phi) is 3.74. The number of benzene rings is 1. The summed E-state index contributed by atoms with van der Waals surface area (Å²) >= 11 is 9.13. The largest absolute Gasteiger partial charge is 0.375 e. The summed E-state index contributed by atoms with van der Waals surface area (Å²) in [5, 5.41) is 7.17. The van der Waals surface area contributed by atoms with E-state index in [0.717, 1.165) is 36.2 Å². The van der Waals surface area contributed by atoms with Crippen molar-refractivity contribution in [1.82, 2.24) is 15.3 Å². The van der Waals surface area contributed by atoms with Gasteiger partial charge >= 0.3 is 0 Å². The quantitative estimate of drug-likeness (QED) is 0.675. The number of fused-ring (bicyclic) bond motifs is 1. The highest BCUT2D eigenvalue weighted by Gasteiger charge is 2.54. The lowest BCUT2D eigenvalue weighted by atomic mass is 9.50. The zero-order valence-electron chi connectivity index (χ0n) is 13.9. The average molecular weight is 405 g/mol. The topological polar surface area (TPSA) is 80.9 Å². The van der Waals surface area contributed by atoms with Crippen LogP contribution < -0.4 is 11.1 Å². The average Bonchev–Trinajstić information content (AvgIpc) is 3.13. The number of nitrogens with zero attached hydrogens (tertiary/aromatic N) is 2. The number of thiazole rings is 2. The molecule has 2 heterocycles. The van der Waals surface area contributed by atoms with Gasteiger partial charge in [-0.25, -0.2) is 9.97 Å². The van der Waals surface area contributed by atoms with E-state index in [0.29, 0.717) is 22.2 Å². The molecule has 5 nitrogen and oxygen atoms in total. The number of carbonyl (C=O) groups excluding carboxylic acids is 1. The molecule has 134 valence electrons. The number of rotatable bonds is 3. The highest BCUT2D eigenvalue weighted by atomic mass is 35.5. The van der Waals surface area contributed by atoms with Gasteiger partial charge in [-0.3, -0.25) is 4.79 Å². The van der Waals surface area contributed by atoms with Crippen LogP contribution in [0.4, 0.5) is 5.13 Å². The minimum Gasteiger partial charge on any atom is -0.375 e. The van der Waals surface area contributed by atoms with Crippen LogP contribution in [-0.4, -0.2) is 21.9 Å². The maximum Gasteiger partial charge on any atom is 0.271 e. The number of hydrogen-bond acceptors (Lipinski definition) is 6. The number of halogens is 1. The monoisotopic (exact) mass is 404 g/mol. The fourth-order valence-corrected chi connectivity index (χ4v) is 6.08. The highest BCUT2D eigenvalue weighted by molar-refractivity contribution is 7.18. The zero-order chi connectivity index (χ0) is 17.9. The van der Waals surface area contributed by atoms with Crippen molar-refractivity contribution in [3.8, 4) is 0 Å². The van der Waals surface area contributed by atoms with Crippen molar-refractivity contribution in [2.45, 2.75) is 37.6 Å². The molecule has 26 heavy (non-hydrogen) atoms. The van der Waals surface area contributed by atoms with E-state index in [2.05, 4.69) is 10.3 Å². The van der Waals surface area contributed by atoms with Gasteiger partial charge in [0.2, 0.25) is 0 Å². The molecule has 1 amide bonds. The second-order valence-electron chi connectivity index (χ2n) is 7.42. The minimum atomic E-state index is -0.114. The van der Waals surface area contributed by atoms with Gasteiger partial charge in [0, 0.05) is 22.4 Å². The highest BCUT2D eigenvalue weighted by Crippen LogP contribution is 2.62. The van der Waals surface area contributed by atoms with E-state index >= 15 is 0 Å². The Morgan fingerprint density at radius 1 is 1.27 bits per heavy atom. The molecule has 0 unspecified atom stereocenters. The lowest BCUT2D eigenvalue weighted by Gasteiger charge is -2.57. The Morgan fingerprint density at radius 3 is 2.81 bits per heavy atom. The van der Waals surface area contributed by atoms with E-state index in [-0.39, 0.29) is 11.9 Å². The van der Waals surface area contributed by atoms with Crippen molar-refractivity contribution < 1.29 is 4.79 Å². The summed E-state index contributed by atoms with van der Waals surface area (Å²) < 4.78 is 1.20. The molecule has 1 aromatic carbocycles. The van der Waals surface area contributed by atoms with Gasteiger partial charge in [0.25, 0.3) is 5.91 Å². The van der Waals surface area contributed by atoms with E-state index in [1.54, 1.807) is 16.7 Å². The van der Waals surface area contributed by atoms with Crippen LogP contribution in [0.3, 0.4) is 0 Å². The Balaban J connectivity index is 1.18. The van der Waals surface area contributed by atoms with E-state index in [9.17, 15) is 4.79 Å². The molecule has 3 aromatic rings.